The van der Waals surface area contributed by atoms with Gasteiger partial charge in [0.2, 0.25) is 0 Å². The van der Waals surface area contributed by atoms with Crippen molar-refractivity contribution < 1.29 is 13.2 Å². The molecule has 0 aromatic carbocycles. The van der Waals surface area contributed by atoms with Gasteiger partial charge in [0, 0.05) is 12.0 Å². The van der Waals surface area contributed by atoms with Gasteiger partial charge in [-0.1, -0.05) is 11.6 Å². The van der Waals surface area contributed by atoms with Crippen molar-refractivity contribution in [2.75, 3.05) is 11.5 Å². The van der Waals surface area contributed by atoms with Gasteiger partial charge in [0.05, 0.1) is 22.7 Å². The maximum absolute atomic E-state index is 12.3. The second kappa shape index (κ2) is 4.66. The van der Waals surface area contributed by atoms with Crippen LogP contribution >= 0.6 is 11.6 Å². The van der Waals surface area contributed by atoms with Crippen LogP contribution in [0.1, 0.15) is 36.8 Å². The Morgan fingerprint density at radius 2 is 2.22 bits per heavy atom. The Morgan fingerprint density at radius 1 is 1.56 bits per heavy atom. The predicted molar refractivity (Wildman–Crippen MR) is 68.7 cm³/mol. The highest BCUT2D eigenvalue weighted by Gasteiger charge is 2.36. The maximum Gasteiger partial charge on any atom is 0.186 e. The van der Waals surface area contributed by atoms with Crippen LogP contribution in [0.15, 0.2) is 6.20 Å². The average Bonchev–Trinajstić information content (AvgIpc) is 2.80. The second-order valence-corrected chi connectivity index (χ2v) is 7.48. The van der Waals surface area contributed by atoms with E-state index in [1.54, 1.807) is 4.68 Å². The predicted octanol–water partition coefficient (Wildman–Crippen LogP) is 1.73. The van der Waals surface area contributed by atoms with Crippen LogP contribution in [0, 0.1) is 5.92 Å². The number of ketones is 1. The van der Waals surface area contributed by atoms with E-state index in [9.17, 15) is 13.2 Å². The number of sulfone groups is 1. The molecule has 1 aromatic heterocycles. The van der Waals surface area contributed by atoms with E-state index in [4.69, 9.17) is 11.6 Å². The van der Waals surface area contributed by atoms with Gasteiger partial charge in [-0.2, -0.15) is 5.10 Å². The van der Waals surface area contributed by atoms with Crippen LogP contribution in [0.3, 0.4) is 0 Å². The van der Waals surface area contributed by atoms with Crippen LogP contribution in [0.4, 0.5) is 0 Å². The molecule has 7 heteroatoms. The summed E-state index contributed by atoms with van der Waals surface area (Å²) >= 11 is 5.98. The SMILES string of the molecule is CC(C)n1ncc(Cl)c1C(=O)C1CCS(=O)(=O)C1. The Labute approximate surface area is 111 Å². The molecule has 0 aliphatic carbocycles. The van der Waals surface area contributed by atoms with Crippen LogP contribution in [0.5, 0.6) is 0 Å². The van der Waals surface area contributed by atoms with Crippen LogP contribution in [0.25, 0.3) is 0 Å². The zero-order valence-electron chi connectivity index (χ0n) is 10.3. The molecule has 0 bridgehead atoms. The van der Waals surface area contributed by atoms with Gasteiger partial charge >= 0.3 is 0 Å². The number of hydrogen-bond donors (Lipinski definition) is 0. The lowest BCUT2D eigenvalue weighted by Gasteiger charge is -2.13. The fourth-order valence-electron chi connectivity index (χ4n) is 2.16. The molecule has 5 nitrogen and oxygen atoms in total. The van der Waals surface area contributed by atoms with E-state index in [0.29, 0.717) is 12.1 Å². The number of rotatable bonds is 3. The molecule has 2 heterocycles. The minimum atomic E-state index is -3.07. The highest BCUT2D eigenvalue weighted by molar-refractivity contribution is 7.91. The molecule has 0 spiro atoms. The molecule has 100 valence electrons. The molecule has 1 aromatic rings. The van der Waals surface area contributed by atoms with Gasteiger partial charge in [-0.25, -0.2) is 8.42 Å². The van der Waals surface area contributed by atoms with Crippen molar-refractivity contribution in [1.82, 2.24) is 9.78 Å². The first kappa shape index (κ1) is 13.5. The molecule has 1 fully saturated rings. The van der Waals surface area contributed by atoms with Crippen LogP contribution in [0.2, 0.25) is 5.02 Å². The minimum Gasteiger partial charge on any atom is -0.292 e. The van der Waals surface area contributed by atoms with E-state index < -0.39 is 15.8 Å². The average molecular weight is 291 g/mol. The topological polar surface area (TPSA) is 69.0 Å². The third-order valence-electron chi connectivity index (χ3n) is 3.08. The zero-order chi connectivity index (χ0) is 13.5. The Balaban J connectivity index is 2.32. The smallest absolute Gasteiger partial charge is 0.186 e. The Bertz CT molecular complexity index is 577. The van der Waals surface area contributed by atoms with Gasteiger partial charge in [0.1, 0.15) is 5.69 Å². The van der Waals surface area contributed by atoms with Gasteiger partial charge < -0.3 is 0 Å². The summed E-state index contributed by atoms with van der Waals surface area (Å²) in [4.78, 5) is 12.3. The molecule has 2 rings (SSSR count). The first-order chi connectivity index (χ1) is 8.32. The molecular weight excluding hydrogens is 276 g/mol. The van der Waals surface area contributed by atoms with Crippen molar-refractivity contribution in [3.63, 3.8) is 0 Å². The van der Waals surface area contributed by atoms with E-state index in [-0.39, 0.29) is 28.4 Å². The fraction of sp³-hybridized carbons (Fsp3) is 0.636. The number of carbonyl (C=O) groups is 1. The number of nitrogens with zero attached hydrogens (tertiary/aromatic N) is 2. The Kier molecular flexibility index (Phi) is 3.51. The summed E-state index contributed by atoms with van der Waals surface area (Å²) in [6, 6.07) is 0.00876. The van der Waals surface area contributed by atoms with E-state index in [1.165, 1.54) is 6.20 Å². The first-order valence-electron chi connectivity index (χ1n) is 5.79. The second-order valence-electron chi connectivity index (χ2n) is 4.84. The van der Waals surface area contributed by atoms with E-state index in [2.05, 4.69) is 5.10 Å². The molecule has 0 radical (unpaired) electrons. The number of aromatic nitrogens is 2. The summed E-state index contributed by atoms with van der Waals surface area (Å²) in [6.07, 6.45) is 1.80. The van der Waals surface area contributed by atoms with E-state index >= 15 is 0 Å². The number of Topliss-reactive ketones (excluding diaryl/α,β-unsaturated/α-hetero) is 1. The Morgan fingerprint density at radius 3 is 2.72 bits per heavy atom. The van der Waals surface area contributed by atoms with Crippen molar-refractivity contribution in [2.45, 2.75) is 26.3 Å². The molecule has 0 N–H and O–H groups in total. The summed E-state index contributed by atoms with van der Waals surface area (Å²) in [5.41, 5.74) is 0.328. The highest BCUT2D eigenvalue weighted by Crippen LogP contribution is 2.27. The fourth-order valence-corrected chi connectivity index (χ4v) is 4.12. The van der Waals surface area contributed by atoms with Crippen LogP contribution in [-0.4, -0.2) is 35.5 Å². The molecular formula is C11H15ClN2O3S. The maximum atomic E-state index is 12.3. The molecule has 0 amide bonds. The molecule has 18 heavy (non-hydrogen) atoms. The monoisotopic (exact) mass is 290 g/mol. The summed E-state index contributed by atoms with van der Waals surface area (Å²) < 4.78 is 24.4. The summed E-state index contributed by atoms with van der Waals surface area (Å²) in [5.74, 6) is -0.698. The lowest BCUT2D eigenvalue weighted by atomic mass is 10.0. The van der Waals surface area contributed by atoms with E-state index in [0.717, 1.165) is 0 Å². The lowest BCUT2D eigenvalue weighted by Crippen LogP contribution is -2.21. The first-order valence-corrected chi connectivity index (χ1v) is 7.99. The molecule has 1 aliphatic rings. The zero-order valence-corrected chi connectivity index (χ0v) is 11.8. The quantitative estimate of drug-likeness (QED) is 0.795. The number of carbonyl (C=O) groups excluding carboxylic acids is 1. The lowest BCUT2D eigenvalue weighted by molar-refractivity contribution is 0.0920. The van der Waals surface area contributed by atoms with Gasteiger partial charge in [0.15, 0.2) is 15.6 Å². The largest absolute Gasteiger partial charge is 0.292 e. The standard InChI is InChI=1S/C11H15ClN2O3S/c1-7(2)14-10(9(12)5-13-14)11(15)8-3-4-18(16,17)6-8/h5,7-8H,3-4,6H2,1-2H3. The normalized spacial score (nSPS) is 22.6. The minimum absolute atomic E-state index is 0.00876. The summed E-state index contributed by atoms with van der Waals surface area (Å²) in [7, 11) is -3.07. The molecule has 1 atom stereocenters. The van der Waals surface area contributed by atoms with E-state index in [1.807, 2.05) is 13.8 Å². The van der Waals surface area contributed by atoms with Crippen LogP contribution < -0.4 is 0 Å². The van der Waals surface area contributed by atoms with Gasteiger partial charge in [-0.05, 0) is 20.3 Å². The van der Waals surface area contributed by atoms with Crippen LogP contribution in [-0.2, 0) is 9.84 Å². The van der Waals surface area contributed by atoms with Crippen molar-refractivity contribution in [3.8, 4) is 0 Å². The van der Waals surface area contributed by atoms with Gasteiger partial charge in [0.25, 0.3) is 0 Å². The highest BCUT2D eigenvalue weighted by atomic mass is 35.5. The number of halogens is 1. The molecule has 0 saturated carbocycles. The summed E-state index contributed by atoms with van der Waals surface area (Å²) in [5, 5.41) is 4.35. The van der Waals surface area contributed by atoms with Crippen molar-refractivity contribution in [3.05, 3.63) is 16.9 Å². The van der Waals surface area contributed by atoms with Crippen molar-refractivity contribution >= 4 is 27.2 Å². The molecule has 1 aliphatic heterocycles. The van der Waals surface area contributed by atoms with Crippen molar-refractivity contribution in [1.29, 1.82) is 0 Å². The van der Waals surface area contributed by atoms with Crippen molar-refractivity contribution in [2.24, 2.45) is 5.92 Å². The van der Waals surface area contributed by atoms with Gasteiger partial charge in [-0.3, -0.25) is 9.48 Å². The third kappa shape index (κ3) is 2.44. The molecule has 1 saturated heterocycles. The van der Waals surface area contributed by atoms with Gasteiger partial charge in [-0.15, -0.1) is 0 Å². The Hall–Kier alpha value is -0.880. The number of hydrogen-bond acceptors (Lipinski definition) is 4. The third-order valence-corrected chi connectivity index (χ3v) is 5.12. The molecule has 1 unspecified atom stereocenters. The summed E-state index contributed by atoms with van der Waals surface area (Å²) in [6.45, 7) is 3.79.